The van der Waals surface area contributed by atoms with Crippen molar-refractivity contribution in [3.05, 3.63) is 35.9 Å². The zero-order valence-corrected chi connectivity index (χ0v) is 10.5. The molecule has 4 heteroatoms. The van der Waals surface area contributed by atoms with Crippen molar-refractivity contribution in [2.75, 3.05) is 13.2 Å². The number of ether oxygens (including phenoxy) is 1. The molecule has 0 bridgehead atoms. The monoisotopic (exact) mass is 283 g/mol. The summed E-state index contributed by atoms with van der Waals surface area (Å²) in [4.78, 5) is 5.13. The molecule has 1 aromatic rings. The van der Waals surface area contributed by atoms with Gasteiger partial charge < -0.3 is 9.57 Å². The third kappa shape index (κ3) is 3.61. The van der Waals surface area contributed by atoms with E-state index in [0.717, 1.165) is 24.1 Å². The molecule has 1 aromatic carbocycles. The van der Waals surface area contributed by atoms with Gasteiger partial charge in [0.05, 0.1) is 13.2 Å². The predicted molar refractivity (Wildman–Crippen MR) is 66.8 cm³/mol. The zero-order chi connectivity index (χ0) is 11.2. The maximum absolute atomic E-state index is 5.55. The topological polar surface area (TPSA) is 30.8 Å². The van der Waals surface area contributed by atoms with E-state index in [-0.39, 0.29) is 6.10 Å². The van der Waals surface area contributed by atoms with Gasteiger partial charge in [0, 0.05) is 6.42 Å². The molecule has 0 amide bonds. The summed E-state index contributed by atoms with van der Waals surface area (Å²) in [5, 5.41) is 3.81. The minimum atomic E-state index is 0.0742. The highest BCUT2D eigenvalue weighted by molar-refractivity contribution is 9.18. The number of hydrogen-bond acceptors (Lipinski definition) is 3. The molecule has 0 saturated carbocycles. The first-order valence-electron chi connectivity index (χ1n) is 5.34. The SMILES string of the molecule is BrC1=NO[C@@H](COCCc2ccccc2)C1. The van der Waals surface area contributed by atoms with Gasteiger partial charge in [-0.05, 0) is 27.9 Å². The van der Waals surface area contributed by atoms with Crippen LogP contribution >= 0.6 is 15.9 Å². The molecular weight excluding hydrogens is 270 g/mol. The summed E-state index contributed by atoms with van der Waals surface area (Å²) in [6.07, 6.45) is 1.83. The Morgan fingerprint density at radius 2 is 2.19 bits per heavy atom. The van der Waals surface area contributed by atoms with Crippen LogP contribution in [0.15, 0.2) is 35.5 Å². The van der Waals surface area contributed by atoms with Gasteiger partial charge in [-0.15, -0.1) is 0 Å². The summed E-state index contributed by atoms with van der Waals surface area (Å²) in [5.41, 5.74) is 1.30. The molecule has 1 heterocycles. The molecule has 0 spiro atoms. The zero-order valence-electron chi connectivity index (χ0n) is 8.93. The molecule has 0 radical (unpaired) electrons. The summed E-state index contributed by atoms with van der Waals surface area (Å²) in [7, 11) is 0. The second kappa shape index (κ2) is 6.01. The van der Waals surface area contributed by atoms with Gasteiger partial charge in [-0.3, -0.25) is 0 Å². The van der Waals surface area contributed by atoms with E-state index in [4.69, 9.17) is 9.57 Å². The van der Waals surface area contributed by atoms with Crippen LogP contribution in [0.1, 0.15) is 12.0 Å². The summed E-state index contributed by atoms with van der Waals surface area (Å²) >= 11 is 3.29. The molecule has 0 saturated heterocycles. The molecule has 0 fully saturated rings. The Morgan fingerprint density at radius 3 is 2.88 bits per heavy atom. The average Bonchev–Trinajstić information content (AvgIpc) is 2.72. The normalized spacial score (nSPS) is 19.3. The van der Waals surface area contributed by atoms with Gasteiger partial charge in [0.1, 0.15) is 4.62 Å². The molecule has 1 atom stereocenters. The molecule has 1 aliphatic heterocycles. The number of benzene rings is 1. The third-order valence-electron chi connectivity index (χ3n) is 2.38. The number of oxime groups is 1. The second-order valence-electron chi connectivity index (χ2n) is 3.71. The fraction of sp³-hybridized carbons (Fsp3) is 0.417. The van der Waals surface area contributed by atoms with Crippen molar-refractivity contribution >= 4 is 20.6 Å². The van der Waals surface area contributed by atoms with E-state index in [1.165, 1.54) is 5.56 Å². The van der Waals surface area contributed by atoms with Crippen LogP contribution in [0.5, 0.6) is 0 Å². The lowest BCUT2D eigenvalue weighted by atomic mass is 10.2. The van der Waals surface area contributed by atoms with Crippen LogP contribution in [0.3, 0.4) is 0 Å². The Kier molecular flexibility index (Phi) is 4.36. The van der Waals surface area contributed by atoms with Gasteiger partial charge >= 0.3 is 0 Å². The lowest BCUT2D eigenvalue weighted by Gasteiger charge is -2.08. The molecule has 3 nitrogen and oxygen atoms in total. The quantitative estimate of drug-likeness (QED) is 0.778. The van der Waals surface area contributed by atoms with Crippen LogP contribution in [0.25, 0.3) is 0 Å². The van der Waals surface area contributed by atoms with E-state index in [1.807, 2.05) is 18.2 Å². The van der Waals surface area contributed by atoms with E-state index in [0.29, 0.717) is 6.61 Å². The fourth-order valence-corrected chi connectivity index (χ4v) is 1.98. The summed E-state index contributed by atoms with van der Waals surface area (Å²) in [6.45, 7) is 1.33. The van der Waals surface area contributed by atoms with Gasteiger partial charge in [-0.2, -0.15) is 0 Å². The van der Waals surface area contributed by atoms with Gasteiger partial charge in [0.15, 0.2) is 6.10 Å². The van der Waals surface area contributed by atoms with Gasteiger partial charge in [0.2, 0.25) is 0 Å². The summed E-state index contributed by atoms with van der Waals surface area (Å²) in [5.74, 6) is 0. The van der Waals surface area contributed by atoms with Crippen molar-refractivity contribution in [1.29, 1.82) is 0 Å². The van der Waals surface area contributed by atoms with Gasteiger partial charge in [-0.25, -0.2) is 0 Å². The molecule has 2 rings (SSSR count). The lowest BCUT2D eigenvalue weighted by molar-refractivity contribution is 0.00378. The standard InChI is InChI=1S/C12H14BrNO2/c13-12-8-11(16-14-12)9-15-7-6-10-4-2-1-3-5-10/h1-5,11H,6-9H2/t11-/m1/s1. The van der Waals surface area contributed by atoms with Crippen molar-refractivity contribution < 1.29 is 9.57 Å². The first kappa shape index (κ1) is 11.6. The Labute approximate surface area is 104 Å². The van der Waals surface area contributed by atoms with Crippen LogP contribution in [0, 0.1) is 0 Å². The van der Waals surface area contributed by atoms with Crippen LogP contribution in [0.4, 0.5) is 0 Å². The molecule has 0 N–H and O–H groups in total. The predicted octanol–water partition coefficient (Wildman–Crippen LogP) is 2.74. The number of halogens is 1. The second-order valence-corrected chi connectivity index (χ2v) is 4.62. The van der Waals surface area contributed by atoms with E-state index in [9.17, 15) is 0 Å². The van der Waals surface area contributed by atoms with Crippen LogP contribution in [-0.2, 0) is 16.0 Å². The highest BCUT2D eigenvalue weighted by Gasteiger charge is 2.18. The molecule has 0 unspecified atom stereocenters. The van der Waals surface area contributed by atoms with Crippen molar-refractivity contribution in [3.8, 4) is 0 Å². The van der Waals surface area contributed by atoms with Crippen LogP contribution in [0.2, 0.25) is 0 Å². The Morgan fingerprint density at radius 1 is 1.38 bits per heavy atom. The molecule has 0 aliphatic carbocycles. The van der Waals surface area contributed by atoms with E-state index < -0.39 is 0 Å². The highest BCUT2D eigenvalue weighted by Crippen LogP contribution is 2.14. The van der Waals surface area contributed by atoms with Crippen molar-refractivity contribution in [3.63, 3.8) is 0 Å². The summed E-state index contributed by atoms with van der Waals surface area (Å²) < 4.78 is 6.42. The highest BCUT2D eigenvalue weighted by atomic mass is 79.9. The molecule has 16 heavy (non-hydrogen) atoms. The molecular formula is C12H14BrNO2. The minimum absolute atomic E-state index is 0.0742. The number of hydrogen-bond donors (Lipinski definition) is 0. The van der Waals surface area contributed by atoms with Crippen LogP contribution in [-0.4, -0.2) is 23.9 Å². The third-order valence-corrected chi connectivity index (χ3v) is 2.85. The van der Waals surface area contributed by atoms with Crippen molar-refractivity contribution in [2.45, 2.75) is 18.9 Å². The first-order valence-corrected chi connectivity index (χ1v) is 6.14. The van der Waals surface area contributed by atoms with E-state index >= 15 is 0 Å². The molecule has 0 aromatic heterocycles. The van der Waals surface area contributed by atoms with Crippen LogP contribution < -0.4 is 0 Å². The van der Waals surface area contributed by atoms with Gasteiger partial charge in [-0.1, -0.05) is 35.5 Å². The largest absolute Gasteiger partial charge is 0.389 e. The smallest absolute Gasteiger partial charge is 0.156 e. The Balaban J connectivity index is 1.59. The maximum Gasteiger partial charge on any atom is 0.156 e. The number of rotatable bonds is 5. The van der Waals surface area contributed by atoms with Crippen molar-refractivity contribution in [1.82, 2.24) is 0 Å². The summed E-state index contributed by atoms with van der Waals surface area (Å²) in [6, 6.07) is 10.3. The molecule has 86 valence electrons. The lowest BCUT2D eigenvalue weighted by Crippen LogP contribution is -2.16. The average molecular weight is 284 g/mol. The fourth-order valence-electron chi connectivity index (χ4n) is 1.53. The first-order chi connectivity index (χ1) is 7.84. The molecule has 1 aliphatic rings. The Hall–Kier alpha value is -0.870. The maximum atomic E-state index is 5.55. The van der Waals surface area contributed by atoms with E-state index in [1.54, 1.807) is 0 Å². The van der Waals surface area contributed by atoms with Crippen molar-refractivity contribution in [2.24, 2.45) is 5.16 Å². The van der Waals surface area contributed by atoms with E-state index in [2.05, 4.69) is 33.2 Å². The Bertz CT molecular complexity index is 353. The van der Waals surface area contributed by atoms with Gasteiger partial charge in [0.25, 0.3) is 0 Å². The minimum Gasteiger partial charge on any atom is -0.389 e. The number of nitrogens with zero attached hydrogens (tertiary/aromatic N) is 1.